The van der Waals surface area contributed by atoms with E-state index in [1.165, 1.54) is 12.1 Å². The Hall–Kier alpha value is -0.640. The number of rotatable bonds is 2. The maximum Gasteiger partial charge on any atom is 0.129 e. The topological polar surface area (TPSA) is 46.2 Å². The lowest BCUT2D eigenvalue weighted by Gasteiger charge is -2.10. The highest BCUT2D eigenvalue weighted by atomic mass is 35.5. The molecule has 2 nitrogen and oxygen atoms in total. The smallest absolute Gasteiger partial charge is 0.129 e. The second kappa shape index (κ2) is 4.05. The average molecular weight is 204 g/mol. The van der Waals surface area contributed by atoms with Gasteiger partial charge in [-0.1, -0.05) is 11.6 Å². The van der Waals surface area contributed by atoms with Gasteiger partial charge >= 0.3 is 0 Å². The van der Waals surface area contributed by atoms with E-state index >= 15 is 0 Å². The largest absolute Gasteiger partial charge is 0.387 e. The average Bonchev–Trinajstić information content (AvgIpc) is 2.10. The van der Waals surface area contributed by atoms with E-state index < -0.39 is 11.9 Å². The number of nitrogens with two attached hydrogens (primary N) is 1. The lowest BCUT2D eigenvalue weighted by Crippen LogP contribution is -2.13. The molecule has 1 unspecified atom stereocenters. The molecule has 1 atom stereocenters. The van der Waals surface area contributed by atoms with Gasteiger partial charge in [0.25, 0.3) is 0 Å². The van der Waals surface area contributed by atoms with Crippen LogP contribution in [-0.4, -0.2) is 11.7 Å². The van der Waals surface area contributed by atoms with E-state index in [-0.39, 0.29) is 12.1 Å². The first-order valence-corrected chi connectivity index (χ1v) is 4.27. The molecular formula is C9H11ClFNO. The Bertz CT molecular complexity index is 317. The van der Waals surface area contributed by atoms with E-state index in [4.69, 9.17) is 17.3 Å². The molecule has 0 aromatic heterocycles. The Kier molecular flexibility index (Phi) is 3.25. The van der Waals surface area contributed by atoms with Gasteiger partial charge in [0.1, 0.15) is 5.82 Å². The van der Waals surface area contributed by atoms with E-state index in [1.54, 1.807) is 6.92 Å². The van der Waals surface area contributed by atoms with Gasteiger partial charge in [-0.2, -0.15) is 0 Å². The predicted molar refractivity (Wildman–Crippen MR) is 50.2 cm³/mol. The third-order valence-electron chi connectivity index (χ3n) is 1.86. The van der Waals surface area contributed by atoms with Gasteiger partial charge in [-0.25, -0.2) is 4.39 Å². The van der Waals surface area contributed by atoms with Crippen LogP contribution in [0.4, 0.5) is 4.39 Å². The van der Waals surface area contributed by atoms with E-state index in [1.807, 2.05) is 0 Å². The van der Waals surface area contributed by atoms with Crippen LogP contribution < -0.4 is 5.73 Å². The molecule has 1 aromatic carbocycles. The maximum absolute atomic E-state index is 13.2. The monoisotopic (exact) mass is 203 g/mol. The maximum atomic E-state index is 13.2. The second-order valence-corrected chi connectivity index (χ2v) is 3.28. The lowest BCUT2D eigenvalue weighted by atomic mass is 10.1. The molecule has 0 bridgehead atoms. The molecule has 72 valence electrons. The fraction of sp³-hybridized carbons (Fsp3) is 0.333. The van der Waals surface area contributed by atoms with Crippen molar-refractivity contribution in [3.63, 3.8) is 0 Å². The number of hydrogen-bond donors (Lipinski definition) is 2. The van der Waals surface area contributed by atoms with Crippen LogP contribution in [0.1, 0.15) is 17.2 Å². The minimum absolute atomic E-state index is 0.0175. The summed E-state index contributed by atoms with van der Waals surface area (Å²) in [6.45, 7) is 1.68. The lowest BCUT2D eigenvalue weighted by molar-refractivity contribution is 0.182. The van der Waals surface area contributed by atoms with Gasteiger partial charge in [-0.05, 0) is 24.6 Å². The van der Waals surface area contributed by atoms with E-state index in [2.05, 4.69) is 0 Å². The normalized spacial score (nSPS) is 13.0. The summed E-state index contributed by atoms with van der Waals surface area (Å²) in [5, 5.41) is 9.74. The molecule has 0 aliphatic rings. The molecule has 13 heavy (non-hydrogen) atoms. The van der Waals surface area contributed by atoms with Gasteiger partial charge < -0.3 is 10.8 Å². The number of hydrogen-bond acceptors (Lipinski definition) is 2. The molecule has 0 saturated carbocycles. The van der Waals surface area contributed by atoms with Crippen molar-refractivity contribution in [1.82, 2.24) is 0 Å². The predicted octanol–water partition coefficient (Wildman–Crippen LogP) is 1.78. The zero-order chi connectivity index (χ0) is 10.0. The van der Waals surface area contributed by atoms with Crippen LogP contribution in [0.3, 0.4) is 0 Å². The molecule has 0 radical (unpaired) electrons. The number of halogens is 2. The minimum atomic E-state index is -0.988. The van der Waals surface area contributed by atoms with Crippen molar-refractivity contribution in [1.29, 1.82) is 0 Å². The van der Waals surface area contributed by atoms with Crippen LogP contribution in [0.25, 0.3) is 0 Å². The molecule has 4 heteroatoms. The molecule has 0 amide bonds. The van der Waals surface area contributed by atoms with Gasteiger partial charge in [-0.15, -0.1) is 0 Å². The van der Waals surface area contributed by atoms with Gasteiger partial charge in [0.15, 0.2) is 0 Å². The summed E-state index contributed by atoms with van der Waals surface area (Å²) in [7, 11) is 0. The fourth-order valence-corrected chi connectivity index (χ4v) is 1.22. The van der Waals surface area contributed by atoms with Gasteiger partial charge in [-0.3, -0.25) is 0 Å². The molecule has 0 aliphatic heterocycles. The Morgan fingerprint density at radius 2 is 2.23 bits per heavy atom. The fourth-order valence-electron chi connectivity index (χ4n) is 1.04. The molecule has 0 heterocycles. The second-order valence-electron chi connectivity index (χ2n) is 2.87. The zero-order valence-corrected chi connectivity index (χ0v) is 7.98. The Morgan fingerprint density at radius 1 is 1.62 bits per heavy atom. The first kappa shape index (κ1) is 10.4. The minimum Gasteiger partial charge on any atom is -0.387 e. The van der Waals surface area contributed by atoms with Crippen LogP contribution in [0.15, 0.2) is 12.1 Å². The molecule has 1 rings (SSSR count). The summed E-state index contributed by atoms with van der Waals surface area (Å²) >= 11 is 5.77. The Morgan fingerprint density at radius 3 is 2.77 bits per heavy atom. The quantitative estimate of drug-likeness (QED) is 0.770. The van der Waals surface area contributed by atoms with Crippen molar-refractivity contribution >= 4 is 11.6 Å². The van der Waals surface area contributed by atoms with Crippen molar-refractivity contribution < 1.29 is 9.50 Å². The first-order valence-electron chi connectivity index (χ1n) is 3.90. The summed E-state index contributed by atoms with van der Waals surface area (Å²) in [4.78, 5) is 0. The standard InChI is InChI=1S/C9H11ClFNO/c1-5-2-8(11)6(3-7(5)10)9(13)4-12/h2-3,9,13H,4,12H2,1H3. The van der Waals surface area contributed by atoms with Gasteiger partial charge in [0, 0.05) is 17.1 Å². The number of aryl methyl sites for hydroxylation is 1. The van der Waals surface area contributed by atoms with Gasteiger partial charge in [0.05, 0.1) is 6.10 Å². The van der Waals surface area contributed by atoms with Gasteiger partial charge in [0.2, 0.25) is 0 Å². The number of aliphatic hydroxyl groups is 1. The van der Waals surface area contributed by atoms with E-state index in [0.717, 1.165) is 0 Å². The third-order valence-corrected chi connectivity index (χ3v) is 2.27. The molecule has 3 N–H and O–H groups in total. The summed E-state index contributed by atoms with van der Waals surface area (Å²) < 4.78 is 13.2. The first-order chi connectivity index (χ1) is 6.06. The van der Waals surface area contributed by atoms with Crippen molar-refractivity contribution in [2.45, 2.75) is 13.0 Å². The highest BCUT2D eigenvalue weighted by molar-refractivity contribution is 6.31. The Labute approximate surface area is 81.1 Å². The number of benzene rings is 1. The van der Waals surface area contributed by atoms with Crippen LogP contribution >= 0.6 is 11.6 Å². The molecule has 1 aromatic rings. The van der Waals surface area contributed by atoms with E-state index in [0.29, 0.717) is 10.6 Å². The molecule has 0 fully saturated rings. The summed E-state index contributed by atoms with van der Waals surface area (Å²) in [6.07, 6.45) is -0.988. The highest BCUT2D eigenvalue weighted by Gasteiger charge is 2.12. The number of aliphatic hydroxyl groups excluding tert-OH is 1. The van der Waals surface area contributed by atoms with Crippen molar-refractivity contribution in [2.75, 3.05) is 6.54 Å². The van der Waals surface area contributed by atoms with Crippen LogP contribution in [-0.2, 0) is 0 Å². The summed E-state index contributed by atoms with van der Waals surface area (Å²) in [5.41, 5.74) is 6.00. The van der Waals surface area contributed by atoms with Crippen LogP contribution in [0.2, 0.25) is 5.02 Å². The molecular weight excluding hydrogens is 193 g/mol. The summed E-state index contributed by atoms with van der Waals surface area (Å²) in [6, 6.07) is 2.69. The summed E-state index contributed by atoms with van der Waals surface area (Å²) in [5.74, 6) is -0.472. The highest BCUT2D eigenvalue weighted by Crippen LogP contribution is 2.24. The van der Waals surface area contributed by atoms with Crippen molar-refractivity contribution in [3.05, 3.63) is 34.1 Å². The van der Waals surface area contributed by atoms with Crippen molar-refractivity contribution in [2.24, 2.45) is 5.73 Å². The zero-order valence-electron chi connectivity index (χ0n) is 7.22. The molecule has 0 aliphatic carbocycles. The SMILES string of the molecule is Cc1cc(F)c(C(O)CN)cc1Cl. The third kappa shape index (κ3) is 2.18. The van der Waals surface area contributed by atoms with Crippen LogP contribution in [0, 0.1) is 12.7 Å². The van der Waals surface area contributed by atoms with E-state index in [9.17, 15) is 9.50 Å². The van der Waals surface area contributed by atoms with Crippen LogP contribution in [0.5, 0.6) is 0 Å². The van der Waals surface area contributed by atoms with Crippen molar-refractivity contribution in [3.8, 4) is 0 Å². The molecule has 0 spiro atoms. The molecule has 0 saturated heterocycles. The Balaban J connectivity index is 3.15.